The highest BCUT2D eigenvalue weighted by atomic mass is 15.3. The Morgan fingerprint density at radius 1 is 1.75 bits per heavy atom. The number of nitrogens with zero attached hydrogens (tertiary/aromatic N) is 3. The molecule has 1 aliphatic carbocycles. The van der Waals surface area contributed by atoms with Crippen LogP contribution in [0.5, 0.6) is 0 Å². The first-order valence-electron chi connectivity index (χ1n) is 3.91. The van der Waals surface area contributed by atoms with E-state index in [0.29, 0.717) is 5.69 Å². The lowest BCUT2D eigenvalue weighted by Crippen LogP contribution is -2.14. The fraction of sp³-hybridized carbons (Fsp3) is 0.500. The van der Waals surface area contributed by atoms with Gasteiger partial charge in [-0.1, -0.05) is 0 Å². The summed E-state index contributed by atoms with van der Waals surface area (Å²) in [5.74, 6) is 0. The van der Waals surface area contributed by atoms with E-state index < -0.39 is 0 Å². The minimum absolute atomic E-state index is 0.373. The standard InChI is InChI=1S/C8H10N4/c1-6-7(10)4-12(11-6)8(5-9)2-3-8/h4H,2-3,10H2,1H3. The van der Waals surface area contributed by atoms with Crippen LogP contribution < -0.4 is 5.73 Å². The summed E-state index contributed by atoms with van der Waals surface area (Å²) in [6, 6.07) is 2.25. The van der Waals surface area contributed by atoms with E-state index in [1.165, 1.54) is 0 Å². The molecule has 0 radical (unpaired) electrons. The van der Waals surface area contributed by atoms with E-state index in [4.69, 9.17) is 11.0 Å². The van der Waals surface area contributed by atoms with E-state index in [-0.39, 0.29) is 5.54 Å². The summed E-state index contributed by atoms with van der Waals surface area (Å²) in [6.45, 7) is 1.85. The molecule has 0 spiro atoms. The smallest absolute Gasteiger partial charge is 0.149 e. The van der Waals surface area contributed by atoms with Crippen molar-refractivity contribution in [1.82, 2.24) is 9.78 Å². The second-order valence-electron chi connectivity index (χ2n) is 3.26. The quantitative estimate of drug-likeness (QED) is 0.663. The van der Waals surface area contributed by atoms with Crippen LogP contribution in [0.25, 0.3) is 0 Å². The molecule has 0 aliphatic heterocycles. The zero-order valence-corrected chi connectivity index (χ0v) is 6.91. The minimum atomic E-state index is -0.373. The first-order chi connectivity index (χ1) is 5.68. The minimum Gasteiger partial charge on any atom is -0.396 e. The van der Waals surface area contributed by atoms with Crippen molar-refractivity contribution in [3.05, 3.63) is 11.9 Å². The summed E-state index contributed by atoms with van der Waals surface area (Å²) in [6.07, 6.45) is 3.53. The Balaban J connectivity index is 2.43. The number of nitrogens with two attached hydrogens (primary N) is 1. The zero-order valence-electron chi connectivity index (χ0n) is 6.91. The lowest BCUT2D eigenvalue weighted by atomic mass is 10.3. The van der Waals surface area contributed by atoms with Crippen LogP contribution in [-0.2, 0) is 5.54 Å². The Morgan fingerprint density at radius 3 is 2.75 bits per heavy atom. The number of rotatable bonds is 1. The fourth-order valence-corrected chi connectivity index (χ4v) is 1.20. The van der Waals surface area contributed by atoms with Gasteiger partial charge >= 0.3 is 0 Å². The summed E-state index contributed by atoms with van der Waals surface area (Å²) < 4.78 is 1.69. The Hall–Kier alpha value is -1.50. The molecule has 1 aliphatic rings. The maximum Gasteiger partial charge on any atom is 0.149 e. The molecule has 1 fully saturated rings. The maximum atomic E-state index is 8.86. The van der Waals surface area contributed by atoms with Gasteiger partial charge in [0, 0.05) is 0 Å². The summed E-state index contributed by atoms with van der Waals surface area (Å²) in [5, 5.41) is 13.0. The summed E-state index contributed by atoms with van der Waals surface area (Å²) in [7, 11) is 0. The molecule has 0 aromatic carbocycles. The van der Waals surface area contributed by atoms with Gasteiger partial charge in [0.1, 0.15) is 5.54 Å². The number of hydrogen-bond donors (Lipinski definition) is 1. The Bertz CT molecular complexity index is 334. The molecular weight excluding hydrogens is 152 g/mol. The van der Waals surface area contributed by atoms with Crippen molar-refractivity contribution in [3.63, 3.8) is 0 Å². The topological polar surface area (TPSA) is 67.6 Å². The first-order valence-corrected chi connectivity index (χ1v) is 3.91. The van der Waals surface area contributed by atoms with Gasteiger partial charge in [-0.25, -0.2) is 0 Å². The van der Waals surface area contributed by atoms with Gasteiger partial charge in [0.25, 0.3) is 0 Å². The van der Waals surface area contributed by atoms with Gasteiger partial charge in [0.15, 0.2) is 0 Å². The number of aromatic nitrogens is 2. The van der Waals surface area contributed by atoms with Gasteiger partial charge in [-0.3, -0.25) is 4.68 Å². The van der Waals surface area contributed by atoms with Crippen molar-refractivity contribution in [2.45, 2.75) is 25.3 Å². The molecule has 12 heavy (non-hydrogen) atoms. The third-order valence-corrected chi connectivity index (χ3v) is 2.31. The predicted octanol–water partition coefficient (Wildman–Crippen LogP) is 0.786. The van der Waals surface area contributed by atoms with E-state index in [0.717, 1.165) is 18.5 Å². The fourth-order valence-electron chi connectivity index (χ4n) is 1.20. The van der Waals surface area contributed by atoms with Crippen LogP contribution in [0.2, 0.25) is 0 Å². The number of anilines is 1. The summed E-state index contributed by atoms with van der Waals surface area (Å²) >= 11 is 0. The monoisotopic (exact) mass is 162 g/mol. The van der Waals surface area contributed by atoms with Crippen LogP contribution in [0.4, 0.5) is 5.69 Å². The largest absolute Gasteiger partial charge is 0.396 e. The van der Waals surface area contributed by atoms with E-state index in [1.807, 2.05) is 6.92 Å². The van der Waals surface area contributed by atoms with Gasteiger partial charge < -0.3 is 5.73 Å². The van der Waals surface area contributed by atoms with Crippen molar-refractivity contribution in [3.8, 4) is 6.07 Å². The highest BCUT2D eigenvalue weighted by molar-refractivity contribution is 5.40. The van der Waals surface area contributed by atoms with Crippen molar-refractivity contribution >= 4 is 5.69 Å². The van der Waals surface area contributed by atoms with Gasteiger partial charge in [0.2, 0.25) is 0 Å². The lowest BCUT2D eigenvalue weighted by molar-refractivity contribution is 0.532. The SMILES string of the molecule is Cc1nn(C2(C#N)CC2)cc1N. The molecule has 0 bridgehead atoms. The second kappa shape index (κ2) is 2.01. The molecular formula is C8H10N4. The third kappa shape index (κ3) is 0.797. The van der Waals surface area contributed by atoms with Crippen LogP contribution in [0, 0.1) is 18.3 Å². The molecule has 1 saturated carbocycles. The van der Waals surface area contributed by atoms with Crippen LogP contribution in [0.15, 0.2) is 6.20 Å². The molecule has 4 heteroatoms. The molecule has 1 aromatic rings. The van der Waals surface area contributed by atoms with Crippen LogP contribution in [-0.4, -0.2) is 9.78 Å². The Labute approximate surface area is 70.6 Å². The molecule has 0 unspecified atom stereocenters. The van der Waals surface area contributed by atoms with Gasteiger partial charge in [0.05, 0.1) is 23.6 Å². The average molecular weight is 162 g/mol. The molecule has 0 saturated heterocycles. The van der Waals surface area contributed by atoms with E-state index in [2.05, 4.69) is 11.2 Å². The van der Waals surface area contributed by atoms with Crippen molar-refractivity contribution in [2.75, 3.05) is 5.73 Å². The molecule has 0 atom stereocenters. The van der Waals surface area contributed by atoms with Crippen molar-refractivity contribution in [2.24, 2.45) is 0 Å². The summed E-state index contributed by atoms with van der Waals surface area (Å²) in [4.78, 5) is 0. The van der Waals surface area contributed by atoms with Gasteiger partial charge in [-0.05, 0) is 19.8 Å². The van der Waals surface area contributed by atoms with Crippen LogP contribution >= 0.6 is 0 Å². The average Bonchev–Trinajstić information content (AvgIpc) is 2.77. The maximum absolute atomic E-state index is 8.86. The van der Waals surface area contributed by atoms with Crippen LogP contribution in [0.1, 0.15) is 18.5 Å². The molecule has 2 rings (SSSR count). The molecule has 1 aromatic heterocycles. The molecule has 1 heterocycles. The summed E-state index contributed by atoms with van der Waals surface area (Å²) in [5.41, 5.74) is 6.72. The Morgan fingerprint density at radius 2 is 2.42 bits per heavy atom. The second-order valence-corrected chi connectivity index (χ2v) is 3.26. The van der Waals surface area contributed by atoms with Crippen molar-refractivity contribution in [1.29, 1.82) is 5.26 Å². The number of aryl methyl sites for hydroxylation is 1. The lowest BCUT2D eigenvalue weighted by Gasteiger charge is -2.03. The number of nitriles is 1. The zero-order chi connectivity index (χ0) is 8.77. The number of hydrogen-bond acceptors (Lipinski definition) is 3. The van der Waals surface area contributed by atoms with E-state index >= 15 is 0 Å². The molecule has 62 valence electrons. The predicted molar refractivity (Wildman–Crippen MR) is 44.2 cm³/mol. The molecule has 4 nitrogen and oxygen atoms in total. The first kappa shape index (κ1) is 7.17. The number of nitrogen functional groups attached to an aromatic ring is 1. The highest BCUT2D eigenvalue weighted by Crippen LogP contribution is 2.42. The third-order valence-electron chi connectivity index (χ3n) is 2.31. The Kier molecular flexibility index (Phi) is 1.20. The van der Waals surface area contributed by atoms with Gasteiger partial charge in [-0.2, -0.15) is 10.4 Å². The highest BCUT2D eigenvalue weighted by Gasteiger charge is 2.46. The van der Waals surface area contributed by atoms with E-state index in [1.54, 1.807) is 10.9 Å². The molecule has 0 amide bonds. The van der Waals surface area contributed by atoms with Crippen LogP contribution in [0.3, 0.4) is 0 Å². The van der Waals surface area contributed by atoms with Crippen molar-refractivity contribution < 1.29 is 0 Å². The van der Waals surface area contributed by atoms with E-state index in [9.17, 15) is 0 Å². The molecule has 2 N–H and O–H groups in total. The van der Waals surface area contributed by atoms with Gasteiger partial charge in [-0.15, -0.1) is 0 Å². The normalized spacial score (nSPS) is 18.7.